The number of imide groups is 1. The van der Waals surface area contributed by atoms with Gasteiger partial charge in [-0.25, -0.2) is 4.79 Å². The van der Waals surface area contributed by atoms with Crippen molar-refractivity contribution in [1.82, 2.24) is 9.80 Å². The zero-order valence-electron chi connectivity index (χ0n) is 15.5. The lowest BCUT2D eigenvalue weighted by Gasteiger charge is -2.26. The maximum Gasteiger partial charge on any atom is 0.330 e. The van der Waals surface area contributed by atoms with Gasteiger partial charge in [-0.2, -0.15) is 0 Å². The van der Waals surface area contributed by atoms with Crippen molar-refractivity contribution in [3.8, 4) is 0 Å². The fourth-order valence-corrected chi connectivity index (χ4v) is 4.66. The third-order valence-electron chi connectivity index (χ3n) is 4.41. The molecule has 9 heteroatoms. The third-order valence-corrected chi connectivity index (χ3v) is 6.58. The van der Waals surface area contributed by atoms with Gasteiger partial charge in [0.15, 0.2) is 0 Å². The molecule has 0 aliphatic carbocycles. The molecule has 0 radical (unpaired) electrons. The van der Waals surface area contributed by atoms with Crippen molar-refractivity contribution >= 4 is 19.5 Å². The molecule has 3 amide bonds. The van der Waals surface area contributed by atoms with Gasteiger partial charge in [0, 0.05) is 6.54 Å². The minimum atomic E-state index is -3.07. The van der Waals surface area contributed by atoms with E-state index in [2.05, 4.69) is 0 Å². The van der Waals surface area contributed by atoms with E-state index < -0.39 is 13.1 Å². The van der Waals surface area contributed by atoms with Crippen molar-refractivity contribution in [1.29, 1.82) is 0 Å². The number of urea groups is 1. The van der Waals surface area contributed by atoms with Crippen LogP contribution < -0.4 is 0 Å². The van der Waals surface area contributed by atoms with Crippen molar-refractivity contribution in [2.24, 2.45) is 0 Å². The molecule has 8 nitrogen and oxygen atoms in total. The maximum absolute atomic E-state index is 12.6. The predicted octanol–water partition coefficient (Wildman–Crippen LogP) is 2.47. The highest BCUT2D eigenvalue weighted by molar-refractivity contribution is 7.53. The second kappa shape index (κ2) is 8.16. The van der Waals surface area contributed by atoms with Crippen molar-refractivity contribution < 1.29 is 27.9 Å². The predicted molar refractivity (Wildman–Crippen MR) is 92.6 cm³/mol. The second-order valence-electron chi connectivity index (χ2n) is 6.74. The van der Waals surface area contributed by atoms with Gasteiger partial charge in [-0.3, -0.25) is 14.3 Å². The number of amides is 3. The van der Waals surface area contributed by atoms with Gasteiger partial charge in [-0.15, -0.1) is 0 Å². The van der Waals surface area contributed by atoms with Crippen molar-refractivity contribution in [2.75, 3.05) is 39.1 Å². The largest absolute Gasteiger partial charge is 0.371 e. The summed E-state index contributed by atoms with van der Waals surface area (Å²) in [5.74, 6) is -0.198. The topological polar surface area (TPSA) is 88.7 Å². The Morgan fingerprint density at radius 2 is 1.80 bits per heavy atom. The Kier molecular flexibility index (Phi) is 6.65. The molecule has 2 aliphatic heterocycles. The van der Waals surface area contributed by atoms with E-state index >= 15 is 0 Å². The Morgan fingerprint density at radius 3 is 2.32 bits per heavy atom. The van der Waals surface area contributed by atoms with Crippen LogP contribution in [0.1, 0.15) is 40.5 Å². The van der Waals surface area contributed by atoms with E-state index in [9.17, 15) is 14.2 Å². The molecule has 1 atom stereocenters. The molecule has 2 fully saturated rings. The van der Waals surface area contributed by atoms with Gasteiger partial charge in [0.1, 0.15) is 5.54 Å². The van der Waals surface area contributed by atoms with E-state index in [-0.39, 0.29) is 24.2 Å². The lowest BCUT2D eigenvalue weighted by atomic mass is 10.0. The number of hydrogen-bond acceptors (Lipinski definition) is 6. The molecule has 2 aliphatic rings. The fraction of sp³-hybridized carbons (Fsp3) is 0.875. The van der Waals surface area contributed by atoms with E-state index in [4.69, 9.17) is 13.8 Å². The van der Waals surface area contributed by atoms with Gasteiger partial charge >= 0.3 is 13.6 Å². The lowest BCUT2D eigenvalue weighted by molar-refractivity contribution is -0.131. The first-order valence-corrected chi connectivity index (χ1v) is 10.6. The summed E-state index contributed by atoms with van der Waals surface area (Å²) in [6, 6.07) is -0.275. The van der Waals surface area contributed by atoms with Gasteiger partial charge in [0.05, 0.1) is 38.6 Å². The third kappa shape index (κ3) is 4.82. The van der Waals surface area contributed by atoms with Crippen LogP contribution in [0.25, 0.3) is 0 Å². The Hall–Kier alpha value is -0.950. The maximum atomic E-state index is 12.6. The van der Waals surface area contributed by atoms with E-state index in [1.165, 1.54) is 4.90 Å². The lowest BCUT2D eigenvalue weighted by Crippen LogP contribution is -2.45. The molecular formula is C16H29N2O6P. The molecule has 144 valence electrons. The Balaban J connectivity index is 1.86. The van der Waals surface area contributed by atoms with Gasteiger partial charge in [0.25, 0.3) is 5.91 Å². The summed E-state index contributed by atoms with van der Waals surface area (Å²) in [6.07, 6.45) is 1.44. The Bertz CT molecular complexity index is 539. The molecule has 2 rings (SSSR count). The summed E-state index contributed by atoms with van der Waals surface area (Å²) in [4.78, 5) is 28.0. The summed E-state index contributed by atoms with van der Waals surface area (Å²) in [5.41, 5.74) is -0.852. The number of nitrogens with zero attached hydrogens (tertiary/aromatic N) is 2. The highest BCUT2D eigenvalue weighted by atomic mass is 31.2. The molecule has 0 saturated carbocycles. The summed E-state index contributed by atoms with van der Waals surface area (Å²) in [6.45, 7) is 9.10. The van der Waals surface area contributed by atoms with Crippen molar-refractivity contribution in [3.63, 3.8) is 0 Å². The number of rotatable bonds is 11. The smallest absolute Gasteiger partial charge is 0.330 e. The summed E-state index contributed by atoms with van der Waals surface area (Å²) >= 11 is 0. The number of epoxide rings is 1. The van der Waals surface area contributed by atoms with Gasteiger partial charge in [-0.05, 0) is 40.5 Å². The van der Waals surface area contributed by atoms with Crippen LogP contribution in [0.2, 0.25) is 0 Å². The molecule has 0 spiro atoms. The minimum absolute atomic E-state index is 0.0410. The van der Waals surface area contributed by atoms with Crippen LogP contribution in [0.3, 0.4) is 0 Å². The van der Waals surface area contributed by atoms with Crippen LogP contribution in [0.15, 0.2) is 0 Å². The zero-order chi connectivity index (χ0) is 18.7. The molecule has 2 saturated heterocycles. The number of hydrogen-bond donors (Lipinski definition) is 0. The second-order valence-corrected chi connectivity index (χ2v) is 8.93. The molecule has 0 aromatic heterocycles. The Morgan fingerprint density at radius 1 is 1.20 bits per heavy atom. The monoisotopic (exact) mass is 376 g/mol. The highest BCUT2D eigenvalue weighted by Crippen LogP contribution is 2.48. The number of carbonyl (C=O) groups is 2. The average Bonchev–Trinajstić information content (AvgIpc) is 3.33. The van der Waals surface area contributed by atoms with Crippen LogP contribution >= 0.6 is 7.60 Å². The van der Waals surface area contributed by atoms with Crippen molar-refractivity contribution in [3.05, 3.63) is 0 Å². The van der Waals surface area contributed by atoms with Crippen LogP contribution in [0.5, 0.6) is 0 Å². The number of ether oxygens (including phenoxy) is 1. The fourth-order valence-electron chi connectivity index (χ4n) is 2.93. The molecule has 0 N–H and O–H groups in total. The molecule has 25 heavy (non-hydrogen) atoms. The standard InChI is InChI=1S/C16H29N2O6P/c1-5-23-25(21,24-6-2)10-8-7-9-17-14(19)16(3,4)18(15(17)20)11-13-12-22-13/h13H,5-12H2,1-4H3. The summed E-state index contributed by atoms with van der Waals surface area (Å²) in [7, 11) is -3.07. The SMILES string of the molecule is CCOP(=O)(CCCCN1C(=O)N(CC2CO2)C(C)(C)C1=O)OCC. The van der Waals surface area contributed by atoms with E-state index in [1.54, 1.807) is 32.6 Å². The molecule has 0 bridgehead atoms. The minimum Gasteiger partial charge on any atom is -0.371 e. The molecular weight excluding hydrogens is 347 g/mol. The summed E-state index contributed by atoms with van der Waals surface area (Å²) < 4.78 is 28.1. The van der Waals surface area contributed by atoms with Crippen LogP contribution in [-0.4, -0.2) is 72.5 Å². The molecule has 0 aromatic carbocycles. The van der Waals surface area contributed by atoms with Crippen LogP contribution in [-0.2, 0) is 23.1 Å². The first kappa shape index (κ1) is 20.4. The first-order valence-electron chi connectivity index (χ1n) is 8.88. The van der Waals surface area contributed by atoms with Crippen LogP contribution in [0.4, 0.5) is 4.79 Å². The normalized spacial score (nSPS) is 22.8. The van der Waals surface area contributed by atoms with Gasteiger partial charge in [0.2, 0.25) is 0 Å². The van der Waals surface area contributed by atoms with Crippen molar-refractivity contribution in [2.45, 2.75) is 52.2 Å². The van der Waals surface area contributed by atoms with Gasteiger partial charge in [-0.1, -0.05) is 0 Å². The van der Waals surface area contributed by atoms with E-state index in [1.807, 2.05) is 0 Å². The van der Waals surface area contributed by atoms with Crippen LogP contribution in [0, 0.1) is 0 Å². The molecule has 0 aromatic rings. The quantitative estimate of drug-likeness (QED) is 0.238. The Labute approximate surface area is 149 Å². The number of carbonyl (C=O) groups excluding carboxylic acids is 2. The van der Waals surface area contributed by atoms with Gasteiger partial charge < -0.3 is 18.7 Å². The molecule has 2 heterocycles. The average molecular weight is 376 g/mol. The first-order chi connectivity index (χ1) is 11.7. The van der Waals surface area contributed by atoms with E-state index in [0.29, 0.717) is 45.8 Å². The summed E-state index contributed by atoms with van der Waals surface area (Å²) in [5, 5.41) is 0. The zero-order valence-corrected chi connectivity index (χ0v) is 16.4. The van der Waals surface area contributed by atoms with E-state index in [0.717, 1.165) is 0 Å². The highest BCUT2D eigenvalue weighted by Gasteiger charge is 2.52. The molecule has 1 unspecified atom stereocenters. The number of unbranched alkanes of at least 4 members (excludes halogenated alkanes) is 1.